The molecule has 3 rings (SSSR count). The number of nitrogens with one attached hydrogen (secondary N) is 2. The predicted molar refractivity (Wildman–Crippen MR) is 104 cm³/mol. The van der Waals surface area contributed by atoms with E-state index in [2.05, 4.69) is 15.4 Å². The van der Waals surface area contributed by atoms with E-state index in [-0.39, 0.29) is 23.1 Å². The van der Waals surface area contributed by atoms with Gasteiger partial charge in [-0.25, -0.2) is 9.59 Å². The summed E-state index contributed by atoms with van der Waals surface area (Å²) in [5.74, 6) is -2.40. The molecule has 0 bridgehead atoms. The molecule has 0 aliphatic heterocycles. The maximum atomic E-state index is 12.3. The van der Waals surface area contributed by atoms with E-state index in [1.165, 1.54) is 19.2 Å². The lowest BCUT2D eigenvalue weighted by atomic mass is 10.1. The molecule has 0 unspecified atom stereocenters. The third-order valence-corrected chi connectivity index (χ3v) is 4.24. The Morgan fingerprint density at radius 1 is 0.897 bits per heavy atom. The Bertz CT molecular complexity index is 952. The number of methoxy groups -OCH3 is 1. The van der Waals surface area contributed by atoms with Crippen LogP contribution in [0.15, 0.2) is 48.5 Å². The van der Waals surface area contributed by atoms with Gasteiger partial charge in [-0.3, -0.25) is 9.59 Å². The van der Waals surface area contributed by atoms with E-state index in [0.29, 0.717) is 11.3 Å². The van der Waals surface area contributed by atoms with Gasteiger partial charge in [-0.1, -0.05) is 24.3 Å². The van der Waals surface area contributed by atoms with Crippen LogP contribution in [0.1, 0.15) is 43.9 Å². The van der Waals surface area contributed by atoms with Crippen LogP contribution < -0.4 is 10.6 Å². The molecular weight excluding hydrogens is 376 g/mol. The van der Waals surface area contributed by atoms with Crippen LogP contribution >= 0.6 is 0 Å². The summed E-state index contributed by atoms with van der Waals surface area (Å²) in [6, 6.07) is 12.7. The average Bonchev–Trinajstić information content (AvgIpc) is 3.55. The van der Waals surface area contributed by atoms with Crippen LogP contribution in [0.2, 0.25) is 0 Å². The van der Waals surface area contributed by atoms with E-state index < -0.39 is 24.5 Å². The van der Waals surface area contributed by atoms with Crippen LogP contribution in [0.3, 0.4) is 0 Å². The van der Waals surface area contributed by atoms with E-state index in [0.717, 1.165) is 12.8 Å². The minimum absolute atomic E-state index is 0.00337. The minimum atomic E-state index is -0.832. The van der Waals surface area contributed by atoms with Crippen LogP contribution in [0.4, 0.5) is 5.69 Å². The summed E-state index contributed by atoms with van der Waals surface area (Å²) >= 11 is 0. The van der Waals surface area contributed by atoms with Gasteiger partial charge < -0.3 is 20.1 Å². The molecule has 0 spiro atoms. The first-order valence-corrected chi connectivity index (χ1v) is 9.04. The Balaban J connectivity index is 1.62. The van der Waals surface area contributed by atoms with Gasteiger partial charge in [0.2, 0.25) is 0 Å². The second-order valence-corrected chi connectivity index (χ2v) is 6.45. The SMILES string of the molecule is COC(=O)c1ccccc1C(=O)OCC(=O)Nc1ccccc1C(=O)NC1CC1. The second-order valence-electron chi connectivity index (χ2n) is 6.45. The fourth-order valence-electron chi connectivity index (χ4n) is 2.63. The molecule has 2 amide bonds. The highest BCUT2D eigenvalue weighted by molar-refractivity contribution is 6.06. The van der Waals surface area contributed by atoms with Crippen LogP contribution in [0.5, 0.6) is 0 Å². The first-order valence-electron chi connectivity index (χ1n) is 9.04. The first-order chi connectivity index (χ1) is 14.0. The maximum Gasteiger partial charge on any atom is 0.339 e. The highest BCUT2D eigenvalue weighted by Gasteiger charge is 2.25. The van der Waals surface area contributed by atoms with Crippen LogP contribution in [0.25, 0.3) is 0 Å². The third kappa shape index (κ3) is 5.19. The van der Waals surface area contributed by atoms with Crippen LogP contribution in [0, 0.1) is 0 Å². The summed E-state index contributed by atoms with van der Waals surface area (Å²) in [6.07, 6.45) is 1.90. The van der Waals surface area contributed by atoms with E-state index in [1.807, 2.05) is 0 Å². The Labute approximate surface area is 167 Å². The van der Waals surface area contributed by atoms with Gasteiger partial charge in [-0.15, -0.1) is 0 Å². The van der Waals surface area contributed by atoms with Gasteiger partial charge in [-0.2, -0.15) is 0 Å². The van der Waals surface area contributed by atoms with Gasteiger partial charge >= 0.3 is 11.9 Å². The summed E-state index contributed by atoms with van der Waals surface area (Å²) in [7, 11) is 1.20. The van der Waals surface area contributed by atoms with Crippen molar-refractivity contribution in [3.63, 3.8) is 0 Å². The zero-order chi connectivity index (χ0) is 20.8. The number of carbonyl (C=O) groups excluding carboxylic acids is 4. The number of rotatable bonds is 7. The standard InChI is InChI=1S/C21H20N2O6/c1-28-20(26)14-6-2-3-7-15(14)21(27)29-12-18(24)23-17-9-5-4-8-16(17)19(25)22-13-10-11-13/h2-9,13H,10-12H2,1H3,(H,22,25)(H,23,24). The van der Waals surface area contributed by atoms with E-state index in [4.69, 9.17) is 4.74 Å². The molecular formula is C21H20N2O6. The van der Waals surface area contributed by atoms with Crippen molar-refractivity contribution in [3.8, 4) is 0 Å². The van der Waals surface area contributed by atoms with Crippen molar-refractivity contribution in [2.45, 2.75) is 18.9 Å². The molecule has 0 saturated heterocycles. The third-order valence-electron chi connectivity index (χ3n) is 4.24. The Kier molecular flexibility index (Phi) is 6.23. The van der Waals surface area contributed by atoms with Crippen molar-refractivity contribution in [1.29, 1.82) is 0 Å². The second kappa shape index (κ2) is 9.01. The Morgan fingerprint density at radius 2 is 1.48 bits per heavy atom. The number of ether oxygens (including phenoxy) is 2. The fourth-order valence-corrected chi connectivity index (χ4v) is 2.63. The van der Waals surface area contributed by atoms with Gasteiger partial charge in [-0.05, 0) is 37.1 Å². The molecule has 1 fully saturated rings. The van der Waals surface area contributed by atoms with Crippen molar-refractivity contribution in [3.05, 3.63) is 65.2 Å². The molecule has 1 saturated carbocycles. The van der Waals surface area contributed by atoms with Crippen molar-refractivity contribution >= 4 is 29.4 Å². The Morgan fingerprint density at radius 3 is 2.10 bits per heavy atom. The van der Waals surface area contributed by atoms with E-state index in [9.17, 15) is 19.2 Å². The van der Waals surface area contributed by atoms with Crippen LogP contribution in [-0.4, -0.2) is 43.5 Å². The molecule has 1 aliphatic carbocycles. The molecule has 2 N–H and O–H groups in total. The van der Waals surface area contributed by atoms with Crippen molar-refractivity contribution < 1.29 is 28.7 Å². The predicted octanol–water partition coefficient (Wildman–Crippen LogP) is 2.16. The number of para-hydroxylation sites is 1. The molecule has 2 aromatic rings. The topological polar surface area (TPSA) is 111 Å². The van der Waals surface area contributed by atoms with E-state index in [1.54, 1.807) is 36.4 Å². The van der Waals surface area contributed by atoms with Crippen molar-refractivity contribution in [2.75, 3.05) is 19.0 Å². The smallest absolute Gasteiger partial charge is 0.339 e. The van der Waals surface area contributed by atoms with Gasteiger partial charge in [0.1, 0.15) is 0 Å². The molecule has 0 atom stereocenters. The van der Waals surface area contributed by atoms with Gasteiger partial charge in [0.25, 0.3) is 11.8 Å². The van der Waals surface area contributed by atoms with E-state index >= 15 is 0 Å². The van der Waals surface area contributed by atoms with Gasteiger partial charge in [0, 0.05) is 6.04 Å². The number of hydrogen-bond donors (Lipinski definition) is 2. The first kappa shape index (κ1) is 20.1. The summed E-state index contributed by atoms with van der Waals surface area (Å²) in [6.45, 7) is -0.576. The molecule has 150 valence electrons. The van der Waals surface area contributed by atoms with Crippen molar-refractivity contribution in [1.82, 2.24) is 5.32 Å². The van der Waals surface area contributed by atoms with Crippen LogP contribution in [-0.2, 0) is 14.3 Å². The lowest BCUT2D eigenvalue weighted by Gasteiger charge is -2.12. The number of benzene rings is 2. The van der Waals surface area contributed by atoms with Crippen molar-refractivity contribution in [2.24, 2.45) is 0 Å². The summed E-state index contributed by atoms with van der Waals surface area (Å²) in [5.41, 5.74) is 0.690. The molecule has 0 radical (unpaired) electrons. The number of hydrogen-bond acceptors (Lipinski definition) is 6. The molecule has 29 heavy (non-hydrogen) atoms. The summed E-state index contributed by atoms with van der Waals surface area (Å²) < 4.78 is 9.65. The molecule has 1 aliphatic rings. The quantitative estimate of drug-likeness (QED) is 0.694. The van der Waals surface area contributed by atoms with Gasteiger partial charge in [0.15, 0.2) is 6.61 Å². The highest BCUT2D eigenvalue weighted by atomic mass is 16.5. The zero-order valence-corrected chi connectivity index (χ0v) is 15.8. The highest BCUT2D eigenvalue weighted by Crippen LogP contribution is 2.21. The molecule has 2 aromatic carbocycles. The monoisotopic (exact) mass is 396 g/mol. The maximum absolute atomic E-state index is 12.3. The normalized spacial score (nSPS) is 12.6. The summed E-state index contributed by atoms with van der Waals surface area (Å²) in [5, 5.41) is 5.43. The lowest BCUT2D eigenvalue weighted by molar-refractivity contribution is -0.119. The fraction of sp³-hybridized carbons (Fsp3) is 0.238. The number of carbonyl (C=O) groups is 4. The Hall–Kier alpha value is -3.68. The number of anilines is 1. The number of esters is 2. The molecule has 0 aromatic heterocycles. The summed E-state index contributed by atoms with van der Waals surface area (Å²) in [4.78, 5) is 48.5. The number of amides is 2. The molecule has 8 heteroatoms. The zero-order valence-electron chi connectivity index (χ0n) is 15.8. The lowest BCUT2D eigenvalue weighted by Crippen LogP contribution is -2.28. The molecule has 8 nitrogen and oxygen atoms in total. The molecule has 0 heterocycles. The largest absolute Gasteiger partial charge is 0.465 e. The average molecular weight is 396 g/mol. The minimum Gasteiger partial charge on any atom is -0.465 e. The van der Waals surface area contributed by atoms with Gasteiger partial charge in [0.05, 0.1) is 29.5 Å².